The van der Waals surface area contributed by atoms with Gasteiger partial charge in [0.1, 0.15) is 0 Å². The molecule has 2 aliphatic rings. The largest absolute Gasteiger partial charge is 1.00 e. The molecule has 0 fully saturated rings. The van der Waals surface area contributed by atoms with Crippen LogP contribution < -0.4 is 53.2 Å². The SMILES string of the molecule is COc1ccc(C2=[C]([Ti+2][C]3=C(c4ccc(OC)c(OC)c4OC)C=CC3)CC=C2)c(OC)c1OC.[Cl-].[Cl-]. The molecule has 9 heteroatoms. The van der Waals surface area contributed by atoms with Crippen molar-refractivity contribution in [2.45, 2.75) is 12.8 Å². The van der Waals surface area contributed by atoms with Crippen molar-refractivity contribution in [1.29, 1.82) is 0 Å². The molecule has 0 saturated carbocycles. The second-order valence-corrected chi connectivity index (χ2v) is 10.2. The van der Waals surface area contributed by atoms with Crippen molar-refractivity contribution in [1.82, 2.24) is 0 Å². The Balaban J connectivity index is 0.00000241. The Morgan fingerprint density at radius 2 is 0.892 bits per heavy atom. The van der Waals surface area contributed by atoms with Crippen LogP contribution >= 0.6 is 0 Å². The molecule has 0 unspecified atom stereocenters. The Hall–Kier alpha value is -2.51. The topological polar surface area (TPSA) is 55.4 Å². The van der Waals surface area contributed by atoms with Gasteiger partial charge in [-0.05, 0) is 0 Å². The Kier molecular flexibility index (Phi) is 11.5. The molecule has 0 aromatic heterocycles. The van der Waals surface area contributed by atoms with E-state index in [1.165, 1.54) is 18.9 Å². The molecular weight excluding hydrogens is 551 g/mol. The summed E-state index contributed by atoms with van der Waals surface area (Å²) < 4.78 is 36.7. The molecule has 2 aliphatic carbocycles. The second kappa shape index (κ2) is 13.9. The van der Waals surface area contributed by atoms with Crippen LogP contribution in [0.4, 0.5) is 0 Å². The van der Waals surface area contributed by atoms with Crippen molar-refractivity contribution >= 4 is 11.1 Å². The van der Waals surface area contributed by atoms with Crippen LogP contribution in [0.3, 0.4) is 0 Å². The number of hydrogen-bond acceptors (Lipinski definition) is 6. The molecule has 0 spiro atoms. The van der Waals surface area contributed by atoms with E-state index in [4.69, 9.17) is 28.4 Å². The van der Waals surface area contributed by atoms with Gasteiger partial charge >= 0.3 is 216 Å². The zero-order valence-electron chi connectivity index (χ0n) is 21.7. The van der Waals surface area contributed by atoms with E-state index in [2.05, 4.69) is 36.4 Å². The van der Waals surface area contributed by atoms with Gasteiger partial charge in [-0.2, -0.15) is 0 Å². The number of methoxy groups -OCH3 is 6. The first-order valence-electron chi connectivity index (χ1n) is 11.3. The Labute approximate surface area is 240 Å². The number of benzene rings is 2. The van der Waals surface area contributed by atoms with Gasteiger partial charge in [0.15, 0.2) is 0 Å². The summed E-state index contributed by atoms with van der Waals surface area (Å²) in [6, 6.07) is 7.97. The minimum atomic E-state index is -0.595. The van der Waals surface area contributed by atoms with E-state index in [0.29, 0.717) is 34.5 Å². The van der Waals surface area contributed by atoms with E-state index in [1.54, 1.807) is 42.7 Å². The van der Waals surface area contributed by atoms with Crippen LogP contribution in [-0.2, 0) is 19.2 Å². The van der Waals surface area contributed by atoms with Gasteiger partial charge in [-0.1, -0.05) is 0 Å². The quantitative estimate of drug-likeness (QED) is 0.365. The molecule has 0 aliphatic heterocycles. The van der Waals surface area contributed by atoms with E-state index >= 15 is 0 Å². The zero-order chi connectivity index (χ0) is 24.9. The number of rotatable bonds is 10. The molecule has 0 N–H and O–H groups in total. The Bertz CT molecular complexity index is 1150. The maximum Gasteiger partial charge on any atom is -1.00 e. The molecule has 0 bridgehead atoms. The van der Waals surface area contributed by atoms with Crippen LogP contribution in [0.25, 0.3) is 11.1 Å². The molecule has 2 aromatic rings. The Morgan fingerprint density at radius 3 is 1.22 bits per heavy atom. The average Bonchev–Trinajstić information content (AvgIpc) is 3.56. The van der Waals surface area contributed by atoms with Gasteiger partial charge in [-0.25, -0.2) is 0 Å². The summed E-state index contributed by atoms with van der Waals surface area (Å²) in [5.41, 5.74) is 4.46. The summed E-state index contributed by atoms with van der Waals surface area (Å²) in [6.07, 6.45) is 10.7. The summed E-state index contributed by atoms with van der Waals surface area (Å²) in [4.78, 5) is 0. The maximum absolute atomic E-state index is 5.78. The van der Waals surface area contributed by atoms with Crippen LogP contribution in [0, 0.1) is 0 Å². The molecular formula is C28H30Cl2O6Ti. The Morgan fingerprint density at radius 1 is 0.514 bits per heavy atom. The summed E-state index contributed by atoms with van der Waals surface area (Å²) >= 11 is -0.595. The third-order valence-electron chi connectivity index (χ3n) is 6.15. The smallest absolute Gasteiger partial charge is 1.00 e. The first kappa shape index (κ1) is 30.7. The van der Waals surface area contributed by atoms with Gasteiger partial charge < -0.3 is 24.8 Å². The standard InChI is InChI=1S/2C14H15O3.2ClH.Ti/c2*1-15-12-9-8-11(10-6-4-5-7-10)13(16-2)14(12)17-3;;;/h2*4,6,8-9H,5H2,1-3H3;2*1H;/q;;;;+2/p-2. The fraction of sp³-hybridized carbons (Fsp3) is 0.286. The van der Waals surface area contributed by atoms with Gasteiger partial charge in [0.25, 0.3) is 0 Å². The van der Waals surface area contributed by atoms with E-state index in [0.717, 1.165) is 24.0 Å². The van der Waals surface area contributed by atoms with Gasteiger partial charge in [-0.15, -0.1) is 0 Å². The van der Waals surface area contributed by atoms with Crippen molar-refractivity contribution in [3.8, 4) is 34.5 Å². The van der Waals surface area contributed by atoms with Crippen molar-refractivity contribution in [2.24, 2.45) is 0 Å². The molecule has 0 heterocycles. The third kappa shape index (κ3) is 5.83. The van der Waals surface area contributed by atoms with Gasteiger partial charge in [0, 0.05) is 0 Å². The van der Waals surface area contributed by atoms with E-state index in [9.17, 15) is 0 Å². The zero-order valence-corrected chi connectivity index (χ0v) is 24.8. The molecule has 0 saturated heterocycles. The van der Waals surface area contributed by atoms with E-state index < -0.39 is 19.2 Å². The molecule has 6 nitrogen and oxygen atoms in total. The minimum Gasteiger partial charge on any atom is -1.00 e. The molecule has 4 rings (SSSR count). The number of allylic oxidation sites excluding steroid dienone is 8. The molecule has 0 amide bonds. The normalized spacial score (nSPS) is 13.6. The molecule has 2 aromatic carbocycles. The summed E-state index contributed by atoms with van der Waals surface area (Å²) in [5, 5.41) is 0. The fourth-order valence-electron chi connectivity index (χ4n) is 4.56. The average molecular weight is 581 g/mol. The van der Waals surface area contributed by atoms with Crippen LogP contribution in [0.15, 0.2) is 56.3 Å². The van der Waals surface area contributed by atoms with E-state index in [-0.39, 0.29) is 24.8 Å². The van der Waals surface area contributed by atoms with Gasteiger partial charge in [0.2, 0.25) is 0 Å². The summed E-state index contributed by atoms with van der Waals surface area (Å²) in [7, 11) is 9.87. The predicted molar refractivity (Wildman–Crippen MR) is 134 cm³/mol. The maximum atomic E-state index is 5.78. The van der Waals surface area contributed by atoms with Crippen molar-refractivity contribution in [3.05, 3.63) is 67.5 Å². The molecule has 0 radical (unpaired) electrons. The van der Waals surface area contributed by atoms with Crippen LogP contribution in [0.5, 0.6) is 34.5 Å². The van der Waals surface area contributed by atoms with Crippen molar-refractivity contribution in [2.75, 3.05) is 42.7 Å². The number of ether oxygens (including phenoxy) is 6. The van der Waals surface area contributed by atoms with Crippen LogP contribution in [-0.4, -0.2) is 42.7 Å². The molecule has 0 atom stereocenters. The first-order chi connectivity index (χ1) is 17.1. The molecule has 196 valence electrons. The van der Waals surface area contributed by atoms with Gasteiger partial charge in [-0.3, -0.25) is 0 Å². The van der Waals surface area contributed by atoms with Gasteiger partial charge in [0.05, 0.1) is 0 Å². The number of halogens is 2. The molecule has 37 heavy (non-hydrogen) atoms. The second-order valence-electron chi connectivity index (χ2n) is 7.89. The number of hydrogen-bond donors (Lipinski definition) is 0. The van der Waals surface area contributed by atoms with Crippen LogP contribution in [0.2, 0.25) is 0 Å². The summed E-state index contributed by atoms with van der Waals surface area (Å²) in [5.74, 6) is 3.91. The monoisotopic (exact) mass is 580 g/mol. The minimum absolute atomic E-state index is 0. The predicted octanol–water partition coefficient (Wildman–Crippen LogP) is -0.129. The van der Waals surface area contributed by atoms with E-state index in [1.807, 2.05) is 12.1 Å². The third-order valence-corrected chi connectivity index (χ3v) is 8.57. The fourth-order valence-corrected chi connectivity index (χ4v) is 6.92. The van der Waals surface area contributed by atoms with Crippen molar-refractivity contribution < 1.29 is 72.4 Å². The first-order valence-corrected chi connectivity index (χ1v) is 12.8. The van der Waals surface area contributed by atoms with Crippen molar-refractivity contribution in [3.63, 3.8) is 0 Å². The summed E-state index contributed by atoms with van der Waals surface area (Å²) in [6.45, 7) is 0. The van der Waals surface area contributed by atoms with Crippen LogP contribution in [0.1, 0.15) is 24.0 Å².